The first-order valence-corrected chi connectivity index (χ1v) is 9.12. The van der Waals surface area contributed by atoms with Crippen LogP contribution in [0.3, 0.4) is 0 Å². The number of carbonyl (C=O) groups is 1. The summed E-state index contributed by atoms with van der Waals surface area (Å²) in [6.45, 7) is 3.79. The van der Waals surface area contributed by atoms with Crippen LogP contribution in [0.5, 0.6) is 0 Å². The van der Waals surface area contributed by atoms with Gasteiger partial charge in [0.15, 0.2) is 5.76 Å². The second-order valence-corrected chi connectivity index (χ2v) is 6.94. The van der Waals surface area contributed by atoms with E-state index in [2.05, 4.69) is 15.5 Å². The fourth-order valence-corrected chi connectivity index (χ4v) is 2.94. The molecular formula is C19H18FN3O2S. The third-order valence-corrected chi connectivity index (χ3v) is 4.39. The van der Waals surface area contributed by atoms with Gasteiger partial charge >= 0.3 is 0 Å². The molecule has 134 valence electrons. The molecule has 1 N–H and O–H groups in total. The molecule has 0 radical (unpaired) electrons. The molecule has 0 unspecified atom stereocenters. The van der Waals surface area contributed by atoms with Crippen LogP contribution in [-0.2, 0) is 5.75 Å². The van der Waals surface area contributed by atoms with Gasteiger partial charge in [-0.05, 0) is 62.4 Å². The predicted octanol–water partition coefficient (Wildman–Crippen LogP) is 4.31. The lowest BCUT2D eigenvalue weighted by molar-refractivity contribution is 0.0913. The molecule has 3 rings (SSSR count). The molecule has 3 aromatic rings. The highest BCUT2D eigenvalue weighted by Crippen LogP contribution is 2.24. The molecule has 2 aromatic heterocycles. The largest absolute Gasteiger partial charge is 0.455 e. The van der Waals surface area contributed by atoms with Crippen LogP contribution in [0.2, 0.25) is 0 Å². The summed E-state index contributed by atoms with van der Waals surface area (Å²) in [6.07, 6.45) is 0. The van der Waals surface area contributed by atoms with E-state index in [1.54, 1.807) is 24.3 Å². The second kappa shape index (κ2) is 8.14. The van der Waals surface area contributed by atoms with E-state index in [1.165, 1.54) is 23.9 Å². The fraction of sp³-hybridized carbons (Fsp3) is 0.211. The molecule has 0 aliphatic carbocycles. The predicted molar refractivity (Wildman–Crippen MR) is 98.3 cm³/mol. The maximum atomic E-state index is 13.0. The topological polar surface area (TPSA) is 68.0 Å². The minimum Gasteiger partial charge on any atom is -0.455 e. The number of carbonyl (C=O) groups excluding carboxylic acids is 1. The van der Waals surface area contributed by atoms with Gasteiger partial charge in [-0.2, -0.15) is 0 Å². The number of nitrogens with zero attached hydrogens (tertiary/aromatic N) is 2. The van der Waals surface area contributed by atoms with Crippen LogP contribution in [-0.4, -0.2) is 22.1 Å². The van der Waals surface area contributed by atoms with E-state index in [1.807, 2.05) is 26.0 Å². The van der Waals surface area contributed by atoms with Crippen molar-refractivity contribution in [1.82, 2.24) is 15.5 Å². The smallest absolute Gasteiger partial charge is 0.287 e. The van der Waals surface area contributed by atoms with Gasteiger partial charge in [0.1, 0.15) is 16.6 Å². The normalized spacial score (nSPS) is 10.9. The maximum absolute atomic E-state index is 13.0. The number of thioether (sulfide) groups is 1. The molecule has 0 bridgehead atoms. The number of furan rings is 1. The molecule has 0 atom stereocenters. The Morgan fingerprint density at radius 1 is 1.12 bits per heavy atom. The summed E-state index contributed by atoms with van der Waals surface area (Å²) in [5.41, 5.74) is 1.49. The molecule has 1 amide bonds. The highest BCUT2D eigenvalue weighted by Gasteiger charge is 2.12. The van der Waals surface area contributed by atoms with Gasteiger partial charge in [-0.15, -0.1) is 10.2 Å². The zero-order chi connectivity index (χ0) is 18.5. The zero-order valence-corrected chi connectivity index (χ0v) is 15.2. The van der Waals surface area contributed by atoms with Gasteiger partial charge < -0.3 is 9.73 Å². The molecular weight excluding hydrogens is 353 g/mol. The van der Waals surface area contributed by atoms with Gasteiger partial charge in [-0.1, -0.05) is 11.8 Å². The molecule has 0 fully saturated rings. The Kier molecular flexibility index (Phi) is 5.68. The third-order valence-electron chi connectivity index (χ3n) is 3.45. The van der Waals surface area contributed by atoms with Gasteiger partial charge in [-0.25, -0.2) is 4.39 Å². The van der Waals surface area contributed by atoms with E-state index in [0.29, 0.717) is 23.0 Å². The lowest BCUT2D eigenvalue weighted by Gasteiger charge is -2.05. The van der Waals surface area contributed by atoms with Crippen molar-refractivity contribution < 1.29 is 13.6 Å². The molecule has 0 saturated carbocycles. The van der Waals surface area contributed by atoms with E-state index in [9.17, 15) is 9.18 Å². The highest BCUT2D eigenvalue weighted by molar-refractivity contribution is 7.98. The monoisotopic (exact) mass is 371 g/mol. The average Bonchev–Trinajstić information content (AvgIpc) is 3.10. The first-order chi connectivity index (χ1) is 12.5. The van der Waals surface area contributed by atoms with Crippen molar-refractivity contribution in [2.45, 2.75) is 30.7 Å². The molecule has 0 spiro atoms. The molecule has 0 saturated heterocycles. The standard InChI is InChI=1S/C19H18FN3O2S/c1-12(2)21-19(24)17-9-7-15(25-17)11-26-18-10-8-16(22-23-18)13-3-5-14(20)6-4-13/h3-10,12H,11H2,1-2H3,(H,21,24). The minimum absolute atomic E-state index is 0.0559. The van der Waals surface area contributed by atoms with E-state index in [-0.39, 0.29) is 17.8 Å². The number of benzene rings is 1. The van der Waals surface area contributed by atoms with E-state index in [0.717, 1.165) is 10.6 Å². The lowest BCUT2D eigenvalue weighted by Crippen LogP contribution is -2.29. The Hall–Kier alpha value is -2.67. The highest BCUT2D eigenvalue weighted by atomic mass is 32.2. The van der Waals surface area contributed by atoms with Crippen molar-refractivity contribution in [3.8, 4) is 11.3 Å². The van der Waals surface area contributed by atoms with Crippen molar-refractivity contribution in [3.05, 3.63) is 65.9 Å². The number of hydrogen-bond acceptors (Lipinski definition) is 5. The third kappa shape index (κ3) is 4.70. The lowest BCUT2D eigenvalue weighted by atomic mass is 10.1. The Morgan fingerprint density at radius 2 is 1.88 bits per heavy atom. The number of amides is 1. The van der Waals surface area contributed by atoms with Crippen LogP contribution in [0.4, 0.5) is 4.39 Å². The quantitative estimate of drug-likeness (QED) is 0.654. The summed E-state index contributed by atoms with van der Waals surface area (Å²) in [7, 11) is 0. The number of aromatic nitrogens is 2. The van der Waals surface area contributed by atoms with Crippen LogP contribution < -0.4 is 5.32 Å². The summed E-state index contributed by atoms with van der Waals surface area (Å²) < 4.78 is 18.5. The van der Waals surface area contributed by atoms with E-state index < -0.39 is 0 Å². The van der Waals surface area contributed by atoms with Gasteiger partial charge in [0.05, 0.1) is 11.4 Å². The number of nitrogens with one attached hydrogen (secondary N) is 1. The van der Waals surface area contributed by atoms with E-state index >= 15 is 0 Å². The second-order valence-electron chi connectivity index (χ2n) is 5.95. The average molecular weight is 371 g/mol. The van der Waals surface area contributed by atoms with Crippen LogP contribution in [0.1, 0.15) is 30.2 Å². The molecule has 1 aromatic carbocycles. The summed E-state index contributed by atoms with van der Waals surface area (Å²) in [5, 5.41) is 11.9. The fourth-order valence-electron chi connectivity index (χ4n) is 2.23. The Bertz CT molecular complexity index is 877. The summed E-state index contributed by atoms with van der Waals surface area (Å²) in [6, 6.07) is 13.3. The Labute approximate surface area is 155 Å². The molecule has 2 heterocycles. The van der Waals surface area contributed by atoms with E-state index in [4.69, 9.17) is 4.42 Å². The number of hydrogen-bond donors (Lipinski definition) is 1. The first-order valence-electron chi connectivity index (χ1n) is 8.13. The summed E-state index contributed by atoms with van der Waals surface area (Å²) in [5.74, 6) is 1.02. The van der Waals surface area contributed by atoms with Crippen LogP contribution in [0.25, 0.3) is 11.3 Å². The number of rotatable bonds is 6. The van der Waals surface area contributed by atoms with Gasteiger partial charge in [0, 0.05) is 11.6 Å². The van der Waals surface area contributed by atoms with Crippen molar-refractivity contribution in [1.29, 1.82) is 0 Å². The van der Waals surface area contributed by atoms with Gasteiger partial charge in [-0.3, -0.25) is 4.79 Å². The number of halogens is 1. The maximum Gasteiger partial charge on any atom is 0.287 e. The van der Waals surface area contributed by atoms with Crippen molar-refractivity contribution >= 4 is 17.7 Å². The van der Waals surface area contributed by atoms with Crippen molar-refractivity contribution in [2.75, 3.05) is 0 Å². The first kappa shape index (κ1) is 18.1. The summed E-state index contributed by atoms with van der Waals surface area (Å²) in [4.78, 5) is 11.9. The zero-order valence-electron chi connectivity index (χ0n) is 14.4. The van der Waals surface area contributed by atoms with Gasteiger partial charge in [0.2, 0.25) is 0 Å². The van der Waals surface area contributed by atoms with Crippen LogP contribution in [0.15, 0.2) is 58.0 Å². The molecule has 0 aliphatic rings. The van der Waals surface area contributed by atoms with Crippen LogP contribution in [0, 0.1) is 5.82 Å². The SMILES string of the molecule is CC(C)NC(=O)c1ccc(CSc2ccc(-c3ccc(F)cc3)nn2)o1. The van der Waals surface area contributed by atoms with Crippen LogP contribution >= 0.6 is 11.8 Å². The van der Waals surface area contributed by atoms with Gasteiger partial charge in [0.25, 0.3) is 5.91 Å². The molecule has 7 heteroatoms. The Morgan fingerprint density at radius 3 is 2.54 bits per heavy atom. The molecule has 0 aliphatic heterocycles. The van der Waals surface area contributed by atoms with Crippen molar-refractivity contribution in [3.63, 3.8) is 0 Å². The summed E-state index contributed by atoms with van der Waals surface area (Å²) >= 11 is 1.46. The molecule has 26 heavy (non-hydrogen) atoms. The Balaban J connectivity index is 1.59. The minimum atomic E-state index is -0.284. The molecule has 5 nitrogen and oxygen atoms in total. The van der Waals surface area contributed by atoms with Crippen molar-refractivity contribution in [2.24, 2.45) is 0 Å².